The Hall–Kier alpha value is -0.0800. The van der Waals surface area contributed by atoms with E-state index in [-0.39, 0.29) is 0 Å². The summed E-state index contributed by atoms with van der Waals surface area (Å²) in [6.45, 7) is 16.0. The smallest absolute Gasteiger partial charge is 0.00505 e. The maximum Gasteiger partial charge on any atom is 0.00505 e. The van der Waals surface area contributed by atoms with Gasteiger partial charge in [0.1, 0.15) is 0 Å². The van der Waals surface area contributed by atoms with E-state index in [1.807, 2.05) is 0 Å². The quantitative estimate of drug-likeness (QED) is 0.742. The summed E-state index contributed by atoms with van der Waals surface area (Å²) in [6, 6.07) is 0. The van der Waals surface area contributed by atoms with E-state index in [4.69, 9.17) is 0 Å². The van der Waals surface area contributed by atoms with Gasteiger partial charge in [-0.15, -0.1) is 0 Å². The minimum atomic E-state index is 0.540. The van der Waals surface area contributed by atoms with Gasteiger partial charge in [0, 0.05) is 19.6 Å². The highest BCUT2D eigenvalue weighted by molar-refractivity contribution is 4.93. The largest absolute Gasteiger partial charge is 0.316 e. The average molecular weight is 280 g/mol. The van der Waals surface area contributed by atoms with Crippen molar-refractivity contribution in [3.05, 3.63) is 0 Å². The Morgan fingerprint density at radius 3 is 2.65 bits per heavy atom. The molecule has 0 aromatic heterocycles. The Labute approximate surface area is 126 Å². The van der Waals surface area contributed by atoms with E-state index in [0.29, 0.717) is 10.8 Å². The molecule has 118 valence electrons. The van der Waals surface area contributed by atoms with E-state index in [1.165, 1.54) is 71.2 Å². The molecule has 2 nitrogen and oxygen atoms in total. The molecule has 2 atom stereocenters. The molecule has 1 aliphatic heterocycles. The molecule has 2 rings (SSSR count). The number of hydrogen-bond donors (Lipinski definition) is 1. The highest BCUT2D eigenvalue weighted by atomic mass is 15.2. The van der Waals surface area contributed by atoms with Crippen molar-refractivity contribution in [2.24, 2.45) is 16.7 Å². The first-order valence-corrected chi connectivity index (χ1v) is 8.88. The summed E-state index contributed by atoms with van der Waals surface area (Å²) >= 11 is 0. The topological polar surface area (TPSA) is 15.3 Å². The molecule has 20 heavy (non-hydrogen) atoms. The molecule has 1 saturated heterocycles. The molecule has 0 aromatic rings. The minimum Gasteiger partial charge on any atom is -0.316 e. The van der Waals surface area contributed by atoms with Crippen LogP contribution in [0.25, 0.3) is 0 Å². The third kappa shape index (κ3) is 4.46. The molecule has 1 heterocycles. The summed E-state index contributed by atoms with van der Waals surface area (Å²) in [5, 5.41) is 3.73. The molecule has 1 N–H and O–H groups in total. The van der Waals surface area contributed by atoms with Crippen molar-refractivity contribution in [2.45, 2.75) is 66.2 Å². The Bertz CT molecular complexity index is 300. The van der Waals surface area contributed by atoms with Gasteiger partial charge in [0.05, 0.1) is 0 Å². The summed E-state index contributed by atoms with van der Waals surface area (Å²) in [7, 11) is 0. The van der Waals surface area contributed by atoms with Crippen LogP contribution in [0.5, 0.6) is 0 Å². The Morgan fingerprint density at radius 2 is 2.05 bits per heavy atom. The normalized spacial score (nSPS) is 34.5. The van der Waals surface area contributed by atoms with Gasteiger partial charge >= 0.3 is 0 Å². The molecule has 0 radical (unpaired) electrons. The summed E-state index contributed by atoms with van der Waals surface area (Å²) in [6.07, 6.45) is 8.38. The molecule has 2 fully saturated rings. The van der Waals surface area contributed by atoms with Gasteiger partial charge in [-0.3, -0.25) is 0 Å². The van der Waals surface area contributed by atoms with Gasteiger partial charge in [-0.1, -0.05) is 40.5 Å². The van der Waals surface area contributed by atoms with Gasteiger partial charge in [0.2, 0.25) is 0 Å². The first kappa shape index (κ1) is 16.3. The van der Waals surface area contributed by atoms with Crippen molar-refractivity contribution >= 4 is 0 Å². The van der Waals surface area contributed by atoms with Crippen LogP contribution in [-0.4, -0.2) is 37.6 Å². The molecule has 0 bridgehead atoms. The van der Waals surface area contributed by atoms with Crippen molar-refractivity contribution in [1.29, 1.82) is 0 Å². The van der Waals surface area contributed by atoms with E-state index in [9.17, 15) is 0 Å². The average Bonchev–Trinajstić information content (AvgIpc) is 2.68. The molecule has 2 unspecified atom stereocenters. The molecule has 2 heteroatoms. The van der Waals surface area contributed by atoms with Crippen LogP contribution in [0.4, 0.5) is 0 Å². The zero-order valence-electron chi connectivity index (χ0n) is 14.3. The maximum atomic E-state index is 3.73. The summed E-state index contributed by atoms with van der Waals surface area (Å²) in [4.78, 5) is 2.76. The van der Waals surface area contributed by atoms with E-state index in [1.54, 1.807) is 0 Å². The number of likely N-dealkylation sites (tertiary alicyclic amines) is 1. The van der Waals surface area contributed by atoms with Crippen LogP contribution >= 0.6 is 0 Å². The van der Waals surface area contributed by atoms with Gasteiger partial charge in [-0.25, -0.2) is 0 Å². The fourth-order valence-electron chi connectivity index (χ4n) is 4.49. The van der Waals surface area contributed by atoms with Gasteiger partial charge in [0.15, 0.2) is 0 Å². The van der Waals surface area contributed by atoms with E-state index in [2.05, 4.69) is 37.9 Å². The van der Waals surface area contributed by atoms with Gasteiger partial charge in [-0.2, -0.15) is 0 Å². The van der Waals surface area contributed by atoms with Crippen molar-refractivity contribution in [1.82, 2.24) is 10.2 Å². The molecular weight excluding hydrogens is 244 g/mol. The zero-order chi connectivity index (χ0) is 14.6. The Balaban J connectivity index is 1.95. The second-order valence-electron chi connectivity index (χ2n) is 8.50. The van der Waals surface area contributed by atoms with Crippen molar-refractivity contribution < 1.29 is 0 Å². The van der Waals surface area contributed by atoms with Crippen LogP contribution in [0.1, 0.15) is 66.2 Å². The highest BCUT2D eigenvalue weighted by Crippen LogP contribution is 2.41. The summed E-state index contributed by atoms with van der Waals surface area (Å²) in [5.41, 5.74) is 1.09. The lowest BCUT2D eigenvalue weighted by atomic mass is 9.69. The summed E-state index contributed by atoms with van der Waals surface area (Å²) in [5.74, 6) is 0.919. The monoisotopic (exact) mass is 280 g/mol. The second kappa shape index (κ2) is 6.79. The van der Waals surface area contributed by atoms with Crippen LogP contribution in [-0.2, 0) is 0 Å². The molecule has 1 aliphatic carbocycles. The highest BCUT2D eigenvalue weighted by Gasteiger charge is 2.39. The number of hydrogen-bond acceptors (Lipinski definition) is 2. The van der Waals surface area contributed by atoms with Crippen molar-refractivity contribution in [3.8, 4) is 0 Å². The van der Waals surface area contributed by atoms with Gasteiger partial charge < -0.3 is 10.2 Å². The number of nitrogens with one attached hydrogen (secondary N) is 1. The SMILES string of the molecule is CCCNCC1(CN2CCC(C)(C)C2)CCCC(C)C1. The standard InChI is InChI=1S/C18H36N2/c1-5-10-19-13-18(8-6-7-16(2)12-18)15-20-11-9-17(3,4)14-20/h16,19H,5-15H2,1-4H3. The maximum absolute atomic E-state index is 3.73. The lowest BCUT2D eigenvalue weighted by Crippen LogP contribution is -2.46. The fourth-order valence-corrected chi connectivity index (χ4v) is 4.49. The van der Waals surface area contributed by atoms with Gasteiger partial charge in [0.25, 0.3) is 0 Å². The molecule has 1 saturated carbocycles. The van der Waals surface area contributed by atoms with Crippen molar-refractivity contribution in [2.75, 3.05) is 32.7 Å². The first-order chi connectivity index (χ1) is 9.45. The molecule has 2 aliphatic rings. The minimum absolute atomic E-state index is 0.540. The van der Waals surface area contributed by atoms with E-state index >= 15 is 0 Å². The third-order valence-corrected chi connectivity index (χ3v) is 5.43. The van der Waals surface area contributed by atoms with Crippen LogP contribution in [0.15, 0.2) is 0 Å². The lowest BCUT2D eigenvalue weighted by Gasteiger charge is -2.43. The zero-order valence-corrected chi connectivity index (χ0v) is 14.3. The molecule has 0 aromatic carbocycles. The van der Waals surface area contributed by atoms with E-state index < -0.39 is 0 Å². The Kier molecular flexibility index (Phi) is 5.53. The predicted octanol–water partition coefficient (Wildman–Crippen LogP) is 3.91. The predicted molar refractivity (Wildman–Crippen MR) is 88.1 cm³/mol. The third-order valence-electron chi connectivity index (χ3n) is 5.43. The number of nitrogens with zero attached hydrogens (tertiary/aromatic N) is 1. The van der Waals surface area contributed by atoms with Crippen molar-refractivity contribution in [3.63, 3.8) is 0 Å². The van der Waals surface area contributed by atoms with Crippen LogP contribution < -0.4 is 5.32 Å². The lowest BCUT2D eigenvalue weighted by molar-refractivity contribution is 0.0869. The fraction of sp³-hybridized carbons (Fsp3) is 1.00. The molecule has 0 spiro atoms. The number of rotatable bonds is 6. The Morgan fingerprint density at radius 1 is 1.25 bits per heavy atom. The van der Waals surface area contributed by atoms with E-state index in [0.717, 1.165) is 5.92 Å². The molecule has 0 amide bonds. The van der Waals surface area contributed by atoms with Crippen LogP contribution in [0, 0.1) is 16.7 Å². The first-order valence-electron chi connectivity index (χ1n) is 8.88. The molecular formula is C18H36N2. The van der Waals surface area contributed by atoms with Crippen LogP contribution in [0.3, 0.4) is 0 Å². The summed E-state index contributed by atoms with van der Waals surface area (Å²) < 4.78 is 0. The second-order valence-corrected chi connectivity index (χ2v) is 8.50. The van der Waals surface area contributed by atoms with Gasteiger partial charge in [-0.05, 0) is 55.5 Å². The van der Waals surface area contributed by atoms with Crippen LogP contribution in [0.2, 0.25) is 0 Å².